The van der Waals surface area contributed by atoms with E-state index in [4.69, 9.17) is 10.1 Å². The van der Waals surface area contributed by atoms with Crippen molar-refractivity contribution < 1.29 is 0 Å². The molecule has 0 radical (unpaired) electrons. The second-order valence-corrected chi connectivity index (χ2v) is 7.67. The van der Waals surface area contributed by atoms with E-state index in [0.717, 1.165) is 35.7 Å². The Hall–Kier alpha value is -2.36. The number of aryl methyl sites for hydroxylation is 2. The van der Waals surface area contributed by atoms with Crippen LogP contribution in [-0.2, 0) is 0 Å². The highest BCUT2D eigenvalue weighted by Gasteiger charge is 2.25. The molecule has 1 aromatic carbocycles. The smallest absolute Gasteiger partial charge is 0.165 e. The number of benzene rings is 1. The Kier molecular flexibility index (Phi) is 3.98. The average molecular weight is 334 g/mol. The normalized spacial score (nSPS) is 21.0. The van der Waals surface area contributed by atoms with Gasteiger partial charge in [0.15, 0.2) is 5.65 Å². The summed E-state index contributed by atoms with van der Waals surface area (Å²) in [5.41, 5.74) is 5.36. The van der Waals surface area contributed by atoms with Crippen LogP contribution in [0.3, 0.4) is 0 Å². The first-order valence-corrected chi connectivity index (χ1v) is 9.20. The third kappa shape index (κ3) is 2.90. The van der Waals surface area contributed by atoms with Gasteiger partial charge in [0.1, 0.15) is 5.82 Å². The Labute approximate surface area is 149 Å². The maximum Gasteiger partial charge on any atom is 0.165 e. The molecule has 0 amide bonds. The first kappa shape index (κ1) is 16.1. The summed E-state index contributed by atoms with van der Waals surface area (Å²) in [6.07, 6.45) is 1.30. The zero-order chi connectivity index (χ0) is 17.6. The maximum absolute atomic E-state index is 4.87. The fourth-order valence-electron chi connectivity index (χ4n) is 4.24. The van der Waals surface area contributed by atoms with Gasteiger partial charge >= 0.3 is 0 Å². The predicted octanol–water partition coefficient (Wildman–Crippen LogP) is 4.50. The van der Waals surface area contributed by atoms with Crippen molar-refractivity contribution in [2.24, 2.45) is 11.8 Å². The number of rotatable bonds is 2. The van der Waals surface area contributed by atoms with Gasteiger partial charge in [0, 0.05) is 30.4 Å². The van der Waals surface area contributed by atoms with E-state index in [-0.39, 0.29) is 0 Å². The van der Waals surface area contributed by atoms with Crippen LogP contribution in [0.5, 0.6) is 0 Å². The van der Waals surface area contributed by atoms with Gasteiger partial charge in [0.05, 0.1) is 5.69 Å². The summed E-state index contributed by atoms with van der Waals surface area (Å²) in [5.74, 6) is 2.58. The number of piperidine rings is 1. The molecule has 0 bridgehead atoms. The van der Waals surface area contributed by atoms with Crippen LogP contribution >= 0.6 is 0 Å². The van der Waals surface area contributed by atoms with Gasteiger partial charge in [-0.2, -0.15) is 9.61 Å². The monoisotopic (exact) mass is 334 g/mol. The number of hydrogen-bond donors (Lipinski definition) is 0. The van der Waals surface area contributed by atoms with Crippen LogP contribution in [-0.4, -0.2) is 27.7 Å². The highest BCUT2D eigenvalue weighted by Crippen LogP contribution is 2.32. The SMILES string of the molecule is Cc1cc(N2C[C@@H](C)C[C@H](C)C2)n2nc(C)c(-c3ccccc3)c2n1. The molecule has 1 fully saturated rings. The summed E-state index contributed by atoms with van der Waals surface area (Å²) in [6.45, 7) is 11.0. The second kappa shape index (κ2) is 6.17. The third-order valence-electron chi connectivity index (χ3n) is 5.13. The van der Waals surface area contributed by atoms with Gasteiger partial charge in [0.25, 0.3) is 0 Å². The van der Waals surface area contributed by atoms with Crippen molar-refractivity contribution in [3.8, 4) is 11.1 Å². The summed E-state index contributed by atoms with van der Waals surface area (Å²) in [5, 5.41) is 4.87. The molecule has 0 unspecified atom stereocenters. The fourth-order valence-corrected chi connectivity index (χ4v) is 4.24. The van der Waals surface area contributed by atoms with Crippen LogP contribution in [0, 0.1) is 25.7 Å². The lowest BCUT2D eigenvalue weighted by Crippen LogP contribution is -2.39. The summed E-state index contributed by atoms with van der Waals surface area (Å²) >= 11 is 0. The number of fused-ring (bicyclic) bond motifs is 1. The van der Waals surface area contributed by atoms with Crippen molar-refractivity contribution in [3.05, 3.63) is 47.8 Å². The molecular weight excluding hydrogens is 308 g/mol. The Morgan fingerprint density at radius 1 is 1.00 bits per heavy atom. The highest BCUT2D eigenvalue weighted by atomic mass is 15.4. The topological polar surface area (TPSA) is 33.4 Å². The molecule has 0 saturated carbocycles. The largest absolute Gasteiger partial charge is 0.356 e. The number of anilines is 1. The molecule has 3 aromatic rings. The van der Waals surface area contributed by atoms with Gasteiger partial charge in [-0.3, -0.25) is 0 Å². The molecule has 130 valence electrons. The van der Waals surface area contributed by atoms with E-state index in [1.807, 2.05) is 6.07 Å². The van der Waals surface area contributed by atoms with Crippen molar-refractivity contribution >= 4 is 11.5 Å². The lowest BCUT2D eigenvalue weighted by atomic mass is 9.92. The van der Waals surface area contributed by atoms with Crippen LogP contribution in [0.1, 0.15) is 31.7 Å². The fraction of sp³-hybridized carbons (Fsp3) is 0.429. The molecule has 3 heterocycles. The van der Waals surface area contributed by atoms with Gasteiger partial charge in [-0.05, 0) is 37.7 Å². The van der Waals surface area contributed by atoms with Crippen LogP contribution < -0.4 is 4.90 Å². The number of aromatic nitrogens is 3. The zero-order valence-electron chi connectivity index (χ0n) is 15.5. The van der Waals surface area contributed by atoms with Crippen molar-refractivity contribution in [1.82, 2.24) is 14.6 Å². The van der Waals surface area contributed by atoms with E-state index in [9.17, 15) is 0 Å². The van der Waals surface area contributed by atoms with E-state index in [2.05, 4.69) is 67.4 Å². The lowest BCUT2D eigenvalue weighted by molar-refractivity contribution is 0.354. The van der Waals surface area contributed by atoms with E-state index in [0.29, 0.717) is 11.8 Å². The van der Waals surface area contributed by atoms with Gasteiger partial charge in [0.2, 0.25) is 0 Å². The van der Waals surface area contributed by atoms with Gasteiger partial charge in [-0.15, -0.1) is 0 Å². The molecule has 0 aliphatic carbocycles. The summed E-state index contributed by atoms with van der Waals surface area (Å²) in [6, 6.07) is 12.6. The van der Waals surface area contributed by atoms with Crippen molar-refractivity contribution in [2.45, 2.75) is 34.1 Å². The summed E-state index contributed by atoms with van der Waals surface area (Å²) < 4.78 is 2.05. The molecular formula is C21H26N4. The van der Waals surface area contributed by atoms with Gasteiger partial charge in [-0.1, -0.05) is 44.2 Å². The van der Waals surface area contributed by atoms with Crippen LogP contribution in [0.25, 0.3) is 16.8 Å². The maximum atomic E-state index is 4.87. The molecule has 4 rings (SSSR count). The zero-order valence-corrected chi connectivity index (χ0v) is 15.5. The molecule has 0 N–H and O–H groups in total. The van der Waals surface area contributed by atoms with Crippen molar-refractivity contribution in [1.29, 1.82) is 0 Å². The highest BCUT2D eigenvalue weighted by molar-refractivity contribution is 5.81. The van der Waals surface area contributed by atoms with E-state index in [1.54, 1.807) is 0 Å². The molecule has 2 atom stereocenters. The minimum atomic E-state index is 0.706. The molecule has 0 spiro atoms. The molecule has 2 aromatic heterocycles. The van der Waals surface area contributed by atoms with E-state index < -0.39 is 0 Å². The first-order valence-electron chi connectivity index (χ1n) is 9.20. The van der Waals surface area contributed by atoms with Crippen molar-refractivity contribution in [2.75, 3.05) is 18.0 Å². The summed E-state index contributed by atoms with van der Waals surface area (Å²) in [7, 11) is 0. The first-order chi connectivity index (χ1) is 12.0. The van der Waals surface area contributed by atoms with Crippen molar-refractivity contribution in [3.63, 3.8) is 0 Å². The van der Waals surface area contributed by atoms with Crippen LogP contribution in [0.2, 0.25) is 0 Å². The van der Waals surface area contributed by atoms with Crippen LogP contribution in [0.4, 0.5) is 5.82 Å². The molecule has 4 heteroatoms. The van der Waals surface area contributed by atoms with E-state index in [1.165, 1.54) is 17.8 Å². The molecule has 25 heavy (non-hydrogen) atoms. The van der Waals surface area contributed by atoms with Gasteiger partial charge < -0.3 is 4.90 Å². The Morgan fingerprint density at radius 2 is 1.68 bits per heavy atom. The molecule has 4 nitrogen and oxygen atoms in total. The Balaban J connectivity index is 1.90. The second-order valence-electron chi connectivity index (χ2n) is 7.67. The van der Waals surface area contributed by atoms with Crippen LogP contribution in [0.15, 0.2) is 36.4 Å². The standard InChI is InChI=1S/C21H26N4/c1-14-10-15(2)13-24(12-14)19-11-16(3)22-21-20(17(4)23-25(19)21)18-8-6-5-7-9-18/h5-9,11,14-15H,10,12-13H2,1-4H3/t14-,15-/m0/s1. The van der Waals surface area contributed by atoms with E-state index >= 15 is 0 Å². The number of nitrogens with zero attached hydrogens (tertiary/aromatic N) is 4. The Bertz CT molecular complexity index is 887. The molecule has 1 saturated heterocycles. The summed E-state index contributed by atoms with van der Waals surface area (Å²) in [4.78, 5) is 7.33. The minimum Gasteiger partial charge on any atom is -0.356 e. The lowest BCUT2D eigenvalue weighted by Gasteiger charge is -2.36. The van der Waals surface area contributed by atoms with Gasteiger partial charge in [-0.25, -0.2) is 4.98 Å². The predicted molar refractivity (Wildman–Crippen MR) is 103 cm³/mol. The molecule has 1 aliphatic rings. The molecule has 1 aliphatic heterocycles. The Morgan fingerprint density at radius 3 is 2.36 bits per heavy atom. The quantitative estimate of drug-likeness (QED) is 0.692. The minimum absolute atomic E-state index is 0.706. The average Bonchev–Trinajstić information content (AvgIpc) is 2.89. The number of hydrogen-bond acceptors (Lipinski definition) is 3. The third-order valence-corrected chi connectivity index (χ3v) is 5.13.